The fourth-order valence-corrected chi connectivity index (χ4v) is 2.89. The molecule has 1 aromatic carbocycles. The summed E-state index contributed by atoms with van der Waals surface area (Å²) in [6.07, 6.45) is 10.7. The van der Waals surface area contributed by atoms with E-state index in [1.54, 1.807) is 31.1 Å². The molecular weight excluding hydrogens is 350 g/mol. The molecule has 0 radical (unpaired) electrons. The second-order valence-electron chi connectivity index (χ2n) is 6.41. The van der Waals surface area contributed by atoms with Crippen molar-refractivity contribution in [3.63, 3.8) is 0 Å². The number of amides is 1. The first-order valence-electron chi connectivity index (χ1n) is 8.96. The van der Waals surface area contributed by atoms with Gasteiger partial charge in [-0.2, -0.15) is 0 Å². The number of carbonyl (C=O) groups excluding carboxylic acids is 1. The van der Waals surface area contributed by atoms with Gasteiger partial charge in [-0.15, -0.1) is 0 Å². The number of rotatable bonds is 6. The highest BCUT2D eigenvalue weighted by Crippen LogP contribution is 2.16. The second-order valence-corrected chi connectivity index (χ2v) is 6.41. The summed E-state index contributed by atoms with van der Waals surface area (Å²) >= 11 is 0. The van der Waals surface area contributed by atoms with Crippen LogP contribution in [0.1, 0.15) is 21.5 Å². The Balaban J connectivity index is 1.38. The van der Waals surface area contributed by atoms with Gasteiger partial charge in [-0.1, -0.05) is 12.1 Å². The van der Waals surface area contributed by atoms with Crippen LogP contribution in [0.3, 0.4) is 0 Å². The van der Waals surface area contributed by atoms with Crippen LogP contribution in [0.4, 0.5) is 0 Å². The van der Waals surface area contributed by atoms with Gasteiger partial charge in [-0.25, -0.2) is 4.98 Å². The van der Waals surface area contributed by atoms with Crippen LogP contribution >= 0.6 is 0 Å². The lowest BCUT2D eigenvalue weighted by Crippen LogP contribution is -2.22. The number of hydrogen-bond acceptors (Lipinski definition) is 4. The first-order chi connectivity index (χ1) is 13.8. The molecule has 6 nitrogen and oxygen atoms in total. The van der Waals surface area contributed by atoms with Crippen molar-refractivity contribution in [3.05, 3.63) is 103 Å². The molecule has 28 heavy (non-hydrogen) atoms. The third-order valence-electron chi connectivity index (χ3n) is 4.38. The number of imidazole rings is 1. The van der Waals surface area contributed by atoms with Gasteiger partial charge in [0.05, 0.1) is 12.0 Å². The Hall–Kier alpha value is -3.80. The van der Waals surface area contributed by atoms with Crippen molar-refractivity contribution in [3.8, 4) is 11.3 Å². The van der Waals surface area contributed by atoms with Crippen LogP contribution in [0.2, 0.25) is 0 Å². The van der Waals surface area contributed by atoms with Gasteiger partial charge in [0.25, 0.3) is 5.91 Å². The van der Waals surface area contributed by atoms with E-state index in [9.17, 15) is 4.79 Å². The van der Waals surface area contributed by atoms with Gasteiger partial charge >= 0.3 is 0 Å². The van der Waals surface area contributed by atoms with Gasteiger partial charge in [-0.05, 0) is 47.5 Å². The Kier molecular flexibility index (Phi) is 5.20. The molecule has 0 aliphatic heterocycles. The minimum absolute atomic E-state index is 0.103. The zero-order chi connectivity index (χ0) is 19.2. The van der Waals surface area contributed by atoms with E-state index < -0.39 is 0 Å². The summed E-state index contributed by atoms with van der Waals surface area (Å²) in [4.78, 5) is 25.0. The molecule has 1 N–H and O–H groups in total. The Morgan fingerprint density at radius 3 is 2.61 bits per heavy atom. The third-order valence-corrected chi connectivity index (χ3v) is 4.38. The van der Waals surface area contributed by atoms with E-state index in [0.717, 1.165) is 28.9 Å². The molecule has 0 aliphatic rings. The summed E-state index contributed by atoms with van der Waals surface area (Å²) in [6, 6.07) is 15.3. The number of benzene rings is 1. The highest BCUT2D eigenvalue weighted by molar-refractivity contribution is 5.94. The minimum atomic E-state index is -0.103. The molecule has 4 rings (SSSR count). The van der Waals surface area contributed by atoms with Crippen LogP contribution in [-0.2, 0) is 13.1 Å². The lowest BCUT2D eigenvalue weighted by molar-refractivity contribution is 0.0951. The molecule has 138 valence electrons. The lowest BCUT2D eigenvalue weighted by atomic mass is 10.1. The maximum absolute atomic E-state index is 12.4. The molecule has 3 aromatic heterocycles. The van der Waals surface area contributed by atoms with Gasteiger partial charge in [0.15, 0.2) is 0 Å². The topological polar surface area (TPSA) is 72.7 Å². The van der Waals surface area contributed by atoms with Crippen molar-refractivity contribution >= 4 is 5.91 Å². The van der Waals surface area contributed by atoms with Crippen LogP contribution in [0.25, 0.3) is 11.3 Å². The zero-order valence-corrected chi connectivity index (χ0v) is 15.2. The Labute approximate surface area is 162 Å². The van der Waals surface area contributed by atoms with Crippen molar-refractivity contribution in [2.45, 2.75) is 13.1 Å². The van der Waals surface area contributed by atoms with Crippen LogP contribution in [0, 0.1) is 0 Å². The number of nitrogens with one attached hydrogen (secondary N) is 1. The summed E-state index contributed by atoms with van der Waals surface area (Å²) in [7, 11) is 0. The first-order valence-corrected chi connectivity index (χ1v) is 8.96. The van der Waals surface area contributed by atoms with Gasteiger partial charge in [0.2, 0.25) is 0 Å². The number of pyridine rings is 2. The van der Waals surface area contributed by atoms with E-state index >= 15 is 0 Å². The molecule has 0 saturated carbocycles. The molecule has 0 unspecified atom stereocenters. The van der Waals surface area contributed by atoms with Gasteiger partial charge in [0.1, 0.15) is 0 Å². The summed E-state index contributed by atoms with van der Waals surface area (Å²) in [5.74, 6) is -0.103. The molecular formula is C22H19N5O. The zero-order valence-electron chi connectivity index (χ0n) is 15.2. The fourth-order valence-electron chi connectivity index (χ4n) is 2.89. The normalized spacial score (nSPS) is 10.6. The summed E-state index contributed by atoms with van der Waals surface area (Å²) in [5, 5.41) is 2.96. The van der Waals surface area contributed by atoms with Crippen molar-refractivity contribution in [1.82, 2.24) is 24.8 Å². The number of carbonyl (C=O) groups is 1. The molecule has 0 saturated heterocycles. The van der Waals surface area contributed by atoms with Crippen molar-refractivity contribution in [2.75, 3.05) is 0 Å². The summed E-state index contributed by atoms with van der Waals surface area (Å²) in [5.41, 5.74) is 4.52. The second kappa shape index (κ2) is 8.26. The Morgan fingerprint density at radius 2 is 1.86 bits per heavy atom. The monoisotopic (exact) mass is 369 g/mol. The Morgan fingerprint density at radius 1 is 0.964 bits per heavy atom. The van der Waals surface area contributed by atoms with E-state index in [-0.39, 0.29) is 5.91 Å². The summed E-state index contributed by atoms with van der Waals surface area (Å²) in [6.45, 7) is 1.17. The third kappa shape index (κ3) is 4.29. The lowest BCUT2D eigenvalue weighted by Gasteiger charge is -2.08. The van der Waals surface area contributed by atoms with Crippen molar-refractivity contribution in [2.24, 2.45) is 0 Å². The first kappa shape index (κ1) is 17.6. The predicted octanol–water partition coefficient (Wildman–Crippen LogP) is 3.32. The van der Waals surface area contributed by atoms with Crippen molar-refractivity contribution < 1.29 is 4.79 Å². The largest absolute Gasteiger partial charge is 0.348 e. The molecule has 0 atom stereocenters. The maximum Gasteiger partial charge on any atom is 0.251 e. The van der Waals surface area contributed by atoms with E-state index in [0.29, 0.717) is 12.1 Å². The van der Waals surface area contributed by atoms with Gasteiger partial charge in [-0.3, -0.25) is 14.8 Å². The standard InChI is InChI=1S/C22H19N5O/c28-22(19-5-3-17(4-6-19)15-27-11-10-24-16-27)26-13-18-7-9-25-21(12-18)20-2-1-8-23-14-20/h1-12,14,16H,13,15H2,(H,26,28). The molecule has 0 fully saturated rings. The van der Waals surface area contributed by atoms with Crippen LogP contribution in [0.15, 0.2) is 85.8 Å². The average Bonchev–Trinajstić information content (AvgIpc) is 3.26. The van der Waals surface area contributed by atoms with E-state index in [2.05, 4.69) is 20.3 Å². The van der Waals surface area contributed by atoms with E-state index in [4.69, 9.17) is 0 Å². The number of hydrogen-bond donors (Lipinski definition) is 1. The number of nitrogens with zero attached hydrogens (tertiary/aromatic N) is 4. The summed E-state index contributed by atoms with van der Waals surface area (Å²) < 4.78 is 1.98. The molecule has 1 amide bonds. The molecule has 3 heterocycles. The highest BCUT2D eigenvalue weighted by Gasteiger charge is 2.07. The van der Waals surface area contributed by atoms with E-state index in [1.807, 2.05) is 59.3 Å². The fraction of sp³-hybridized carbons (Fsp3) is 0.0909. The average molecular weight is 369 g/mol. The van der Waals surface area contributed by atoms with Crippen LogP contribution < -0.4 is 5.32 Å². The van der Waals surface area contributed by atoms with Crippen LogP contribution in [0.5, 0.6) is 0 Å². The SMILES string of the molecule is O=C(NCc1ccnc(-c2cccnc2)c1)c1ccc(Cn2ccnc2)cc1. The molecule has 4 aromatic rings. The quantitative estimate of drug-likeness (QED) is 0.566. The van der Waals surface area contributed by atoms with Gasteiger partial charge < -0.3 is 9.88 Å². The van der Waals surface area contributed by atoms with Crippen molar-refractivity contribution in [1.29, 1.82) is 0 Å². The van der Waals surface area contributed by atoms with E-state index in [1.165, 1.54) is 0 Å². The minimum Gasteiger partial charge on any atom is -0.348 e. The number of aromatic nitrogens is 4. The maximum atomic E-state index is 12.4. The molecule has 0 aliphatic carbocycles. The predicted molar refractivity (Wildman–Crippen MR) is 106 cm³/mol. The molecule has 6 heteroatoms. The van der Waals surface area contributed by atoms with Gasteiger partial charge in [0, 0.05) is 55.2 Å². The molecule has 0 spiro atoms. The molecule has 0 bridgehead atoms. The smallest absolute Gasteiger partial charge is 0.251 e. The highest BCUT2D eigenvalue weighted by atomic mass is 16.1. The van der Waals surface area contributed by atoms with Crippen LogP contribution in [-0.4, -0.2) is 25.4 Å². The Bertz CT molecular complexity index is 1040.